The normalized spacial score (nSPS) is 15.1. The summed E-state index contributed by atoms with van der Waals surface area (Å²) in [5.41, 5.74) is 1.07. The number of hydrogen-bond donors (Lipinski definition) is 1. The summed E-state index contributed by atoms with van der Waals surface area (Å²) in [6.07, 6.45) is 2.27. The molecule has 0 aliphatic heterocycles. The Kier molecular flexibility index (Phi) is 1.90. The van der Waals surface area contributed by atoms with Crippen molar-refractivity contribution in [1.82, 2.24) is 0 Å². The van der Waals surface area contributed by atoms with Crippen LogP contribution >= 0.6 is 0 Å². The Morgan fingerprint density at radius 2 is 2.15 bits per heavy atom. The van der Waals surface area contributed by atoms with Crippen LogP contribution in [0.15, 0.2) is 18.2 Å². The van der Waals surface area contributed by atoms with E-state index in [1.54, 1.807) is 6.07 Å². The third kappa shape index (κ3) is 1.97. The van der Waals surface area contributed by atoms with E-state index in [2.05, 4.69) is 5.32 Å². The van der Waals surface area contributed by atoms with Gasteiger partial charge in [-0.15, -0.1) is 0 Å². The maximum absolute atomic E-state index is 12.9. The van der Waals surface area contributed by atoms with Crippen LogP contribution < -0.4 is 5.32 Å². The molecule has 0 amide bonds. The molecule has 0 radical (unpaired) electrons. The van der Waals surface area contributed by atoms with Gasteiger partial charge in [-0.25, -0.2) is 4.39 Å². The van der Waals surface area contributed by atoms with Gasteiger partial charge < -0.3 is 5.32 Å². The number of halogens is 1. The predicted molar refractivity (Wildman–Crippen MR) is 47.8 cm³/mol. The first-order valence-corrected chi connectivity index (χ1v) is 4.25. The maximum Gasteiger partial charge on any atom is 0.126 e. The molecule has 1 aromatic rings. The highest BCUT2D eigenvalue weighted by Crippen LogP contribution is 2.25. The molecule has 2 nitrogen and oxygen atoms in total. The van der Waals surface area contributed by atoms with E-state index in [0.717, 1.165) is 12.8 Å². The number of hydrogen-bond acceptors (Lipinski definition) is 2. The number of rotatable bonds is 2. The fourth-order valence-electron chi connectivity index (χ4n) is 1.20. The molecule has 2 rings (SSSR count). The summed E-state index contributed by atoms with van der Waals surface area (Å²) in [6, 6.07) is 6.72. The SMILES string of the molecule is N#Cc1cc(F)cc(NC2CC2)c1. The van der Waals surface area contributed by atoms with Gasteiger partial charge in [-0.1, -0.05) is 0 Å². The van der Waals surface area contributed by atoms with Crippen LogP contribution in [0.4, 0.5) is 10.1 Å². The van der Waals surface area contributed by atoms with Crippen LogP contribution in [0.1, 0.15) is 18.4 Å². The fraction of sp³-hybridized carbons (Fsp3) is 0.300. The van der Waals surface area contributed by atoms with Gasteiger partial charge >= 0.3 is 0 Å². The van der Waals surface area contributed by atoms with Gasteiger partial charge in [0.2, 0.25) is 0 Å². The Balaban J connectivity index is 2.24. The lowest BCUT2D eigenvalue weighted by Crippen LogP contribution is -2.01. The van der Waals surface area contributed by atoms with Gasteiger partial charge in [0, 0.05) is 11.7 Å². The summed E-state index contributed by atoms with van der Waals surface area (Å²) in [4.78, 5) is 0. The minimum Gasteiger partial charge on any atom is -0.382 e. The largest absolute Gasteiger partial charge is 0.382 e. The van der Waals surface area contributed by atoms with Gasteiger partial charge in [0.15, 0.2) is 0 Å². The van der Waals surface area contributed by atoms with Crippen LogP contribution in [0.3, 0.4) is 0 Å². The average Bonchev–Trinajstić information content (AvgIpc) is 2.87. The van der Waals surface area contributed by atoms with Crippen LogP contribution in [-0.4, -0.2) is 6.04 Å². The molecule has 1 saturated carbocycles. The Hall–Kier alpha value is -1.56. The second-order valence-corrected chi connectivity index (χ2v) is 3.26. The predicted octanol–water partition coefficient (Wildman–Crippen LogP) is 2.27. The van der Waals surface area contributed by atoms with Gasteiger partial charge in [0.05, 0.1) is 11.6 Å². The topological polar surface area (TPSA) is 35.8 Å². The van der Waals surface area contributed by atoms with E-state index in [4.69, 9.17) is 5.26 Å². The quantitative estimate of drug-likeness (QED) is 0.750. The standard InChI is InChI=1S/C10H9FN2/c11-8-3-7(6-12)4-10(5-8)13-9-1-2-9/h3-5,9,13H,1-2H2. The Morgan fingerprint density at radius 1 is 1.38 bits per heavy atom. The van der Waals surface area contributed by atoms with Gasteiger partial charge in [-0.3, -0.25) is 0 Å². The minimum atomic E-state index is -0.359. The highest BCUT2D eigenvalue weighted by molar-refractivity contribution is 5.50. The first-order chi connectivity index (χ1) is 6.28. The summed E-state index contributed by atoms with van der Waals surface area (Å²) < 4.78 is 12.9. The monoisotopic (exact) mass is 176 g/mol. The number of nitrogens with zero attached hydrogens (tertiary/aromatic N) is 1. The minimum absolute atomic E-state index is 0.359. The third-order valence-electron chi connectivity index (χ3n) is 1.98. The molecule has 0 unspecified atom stereocenters. The van der Waals surface area contributed by atoms with Crippen LogP contribution in [-0.2, 0) is 0 Å². The van der Waals surface area contributed by atoms with Gasteiger partial charge in [-0.05, 0) is 31.0 Å². The summed E-state index contributed by atoms with van der Waals surface area (Å²) in [7, 11) is 0. The lowest BCUT2D eigenvalue weighted by Gasteiger charge is -2.04. The molecule has 1 aliphatic carbocycles. The van der Waals surface area contributed by atoms with Crippen molar-refractivity contribution in [3.8, 4) is 6.07 Å². The third-order valence-corrected chi connectivity index (χ3v) is 1.98. The van der Waals surface area contributed by atoms with Gasteiger partial charge in [0.1, 0.15) is 5.82 Å². The Bertz CT molecular complexity index is 364. The van der Waals surface area contributed by atoms with E-state index in [-0.39, 0.29) is 5.82 Å². The van der Waals surface area contributed by atoms with Crippen molar-refractivity contribution in [2.45, 2.75) is 18.9 Å². The van der Waals surface area contributed by atoms with Crippen LogP contribution in [0.2, 0.25) is 0 Å². The first kappa shape index (κ1) is 8.06. The molecular formula is C10H9FN2. The molecule has 0 heterocycles. The maximum atomic E-state index is 12.9. The van der Waals surface area contributed by atoms with Crippen molar-refractivity contribution in [2.75, 3.05) is 5.32 Å². The molecular weight excluding hydrogens is 167 g/mol. The molecule has 0 saturated heterocycles. The molecule has 0 bridgehead atoms. The smallest absolute Gasteiger partial charge is 0.126 e. The fourth-order valence-corrected chi connectivity index (χ4v) is 1.20. The molecule has 13 heavy (non-hydrogen) atoms. The average molecular weight is 176 g/mol. The first-order valence-electron chi connectivity index (χ1n) is 4.25. The van der Waals surface area contributed by atoms with Crippen molar-refractivity contribution in [2.24, 2.45) is 0 Å². The molecule has 1 aromatic carbocycles. The second kappa shape index (κ2) is 3.06. The molecule has 0 aromatic heterocycles. The van der Waals surface area contributed by atoms with Crippen molar-refractivity contribution >= 4 is 5.69 Å². The summed E-state index contributed by atoms with van der Waals surface area (Å²) in [6.45, 7) is 0. The Labute approximate surface area is 76.0 Å². The van der Waals surface area contributed by atoms with Crippen molar-refractivity contribution in [1.29, 1.82) is 5.26 Å². The second-order valence-electron chi connectivity index (χ2n) is 3.26. The molecule has 1 aliphatic rings. The van der Waals surface area contributed by atoms with Crippen LogP contribution in [0.25, 0.3) is 0 Å². The van der Waals surface area contributed by atoms with Gasteiger partial charge in [-0.2, -0.15) is 5.26 Å². The molecule has 1 N–H and O–H groups in total. The van der Waals surface area contributed by atoms with Crippen molar-refractivity contribution in [3.63, 3.8) is 0 Å². The van der Waals surface area contributed by atoms with Crippen LogP contribution in [0, 0.1) is 17.1 Å². The lowest BCUT2D eigenvalue weighted by molar-refractivity contribution is 0.627. The van der Waals surface area contributed by atoms with Gasteiger partial charge in [0.25, 0.3) is 0 Å². The lowest BCUT2D eigenvalue weighted by atomic mass is 10.2. The number of benzene rings is 1. The summed E-state index contributed by atoms with van der Waals surface area (Å²) in [5, 5.41) is 11.7. The zero-order valence-electron chi connectivity index (χ0n) is 7.05. The van der Waals surface area contributed by atoms with E-state index in [9.17, 15) is 4.39 Å². The van der Waals surface area contributed by atoms with E-state index < -0.39 is 0 Å². The highest BCUT2D eigenvalue weighted by Gasteiger charge is 2.20. The zero-order valence-corrected chi connectivity index (χ0v) is 7.05. The highest BCUT2D eigenvalue weighted by atomic mass is 19.1. The molecule has 1 fully saturated rings. The summed E-state index contributed by atoms with van der Waals surface area (Å²) in [5.74, 6) is -0.359. The summed E-state index contributed by atoms with van der Waals surface area (Å²) >= 11 is 0. The molecule has 66 valence electrons. The van der Waals surface area contributed by atoms with E-state index in [0.29, 0.717) is 17.3 Å². The van der Waals surface area contributed by atoms with Crippen molar-refractivity contribution in [3.05, 3.63) is 29.6 Å². The molecule has 3 heteroatoms. The molecule has 0 spiro atoms. The number of nitrogens with one attached hydrogen (secondary N) is 1. The number of nitriles is 1. The number of anilines is 1. The molecule has 0 atom stereocenters. The Morgan fingerprint density at radius 3 is 2.77 bits per heavy atom. The van der Waals surface area contributed by atoms with E-state index in [1.165, 1.54) is 12.1 Å². The zero-order chi connectivity index (χ0) is 9.26. The van der Waals surface area contributed by atoms with Crippen molar-refractivity contribution < 1.29 is 4.39 Å². The van der Waals surface area contributed by atoms with E-state index >= 15 is 0 Å². The van der Waals surface area contributed by atoms with E-state index in [1.807, 2.05) is 6.07 Å². The van der Waals surface area contributed by atoms with Crippen LogP contribution in [0.5, 0.6) is 0 Å².